The lowest BCUT2D eigenvalue weighted by atomic mass is 9.98. The molecule has 0 aliphatic carbocycles. The summed E-state index contributed by atoms with van der Waals surface area (Å²) in [6, 6.07) is 7.36. The van der Waals surface area contributed by atoms with Crippen LogP contribution >= 0.6 is 0 Å². The lowest BCUT2D eigenvalue weighted by Gasteiger charge is -2.35. The number of carbonyl (C=O) groups is 1. The molecule has 2 aliphatic heterocycles. The average Bonchev–Trinajstić information content (AvgIpc) is 3.43. The number of likely N-dealkylation sites (tertiary alicyclic amines) is 1. The minimum Gasteiger partial charge on any atom is -0.397 e. The molecule has 10 nitrogen and oxygen atoms in total. The maximum absolute atomic E-state index is 13.5. The molecule has 0 saturated carbocycles. The van der Waals surface area contributed by atoms with E-state index < -0.39 is 0 Å². The summed E-state index contributed by atoms with van der Waals surface area (Å²) >= 11 is 0. The predicted octanol–water partition coefficient (Wildman–Crippen LogP) is 1.83. The molecule has 2 aliphatic rings. The van der Waals surface area contributed by atoms with Crippen molar-refractivity contribution in [2.75, 3.05) is 42.3 Å². The number of nitrogens with two attached hydrogens (primary N) is 3. The molecule has 6 N–H and O–H groups in total. The van der Waals surface area contributed by atoms with Gasteiger partial charge in [0.25, 0.3) is 5.91 Å². The van der Waals surface area contributed by atoms with Gasteiger partial charge in [0, 0.05) is 56.1 Å². The molecule has 2 atom stereocenters. The van der Waals surface area contributed by atoms with Gasteiger partial charge in [-0.15, -0.1) is 0 Å². The number of rotatable bonds is 4. The van der Waals surface area contributed by atoms with Gasteiger partial charge in [-0.3, -0.25) is 4.79 Å². The Morgan fingerprint density at radius 1 is 1.18 bits per heavy atom. The molecule has 3 aromatic rings. The number of piperidine rings is 1. The van der Waals surface area contributed by atoms with E-state index in [-0.39, 0.29) is 18.0 Å². The van der Waals surface area contributed by atoms with E-state index in [4.69, 9.17) is 27.4 Å². The van der Waals surface area contributed by atoms with Crippen molar-refractivity contribution >= 4 is 28.7 Å². The van der Waals surface area contributed by atoms with Crippen molar-refractivity contribution in [1.82, 2.24) is 19.5 Å². The Morgan fingerprint density at radius 2 is 2.00 bits per heavy atom. The number of aryl methyl sites for hydroxylation is 1. The Morgan fingerprint density at radius 3 is 2.71 bits per heavy atom. The van der Waals surface area contributed by atoms with E-state index in [9.17, 15) is 4.79 Å². The molecule has 5 rings (SSSR count). The van der Waals surface area contributed by atoms with Gasteiger partial charge in [-0.2, -0.15) is 5.10 Å². The fourth-order valence-electron chi connectivity index (χ4n) is 5.14. The summed E-state index contributed by atoms with van der Waals surface area (Å²) in [5.74, 6) is 6.73. The molecule has 0 bridgehead atoms. The van der Waals surface area contributed by atoms with E-state index >= 15 is 0 Å². The van der Waals surface area contributed by atoms with Crippen LogP contribution in [-0.4, -0.2) is 58.1 Å². The van der Waals surface area contributed by atoms with Gasteiger partial charge in [0.05, 0.1) is 23.1 Å². The molecule has 0 radical (unpaired) electrons. The van der Waals surface area contributed by atoms with Gasteiger partial charge in [0.1, 0.15) is 5.82 Å². The van der Waals surface area contributed by atoms with Crippen LogP contribution in [0.2, 0.25) is 0 Å². The molecule has 180 valence electrons. The molecule has 2 saturated heterocycles. The summed E-state index contributed by atoms with van der Waals surface area (Å²) < 4.78 is 1.82. The highest BCUT2D eigenvalue weighted by atomic mass is 16.2. The zero-order chi connectivity index (χ0) is 24.0. The van der Waals surface area contributed by atoms with Crippen LogP contribution in [-0.2, 0) is 0 Å². The molecule has 0 unspecified atom stereocenters. The molecule has 2 aromatic heterocycles. The molecule has 1 amide bonds. The Labute approximate surface area is 199 Å². The largest absolute Gasteiger partial charge is 0.397 e. The van der Waals surface area contributed by atoms with E-state index in [0.29, 0.717) is 23.5 Å². The van der Waals surface area contributed by atoms with Gasteiger partial charge in [-0.1, -0.05) is 0 Å². The van der Waals surface area contributed by atoms with Crippen molar-refractivity contribution in [2.24, 2.45) is 11.6 Å². The third-order valence-corrected chi connectivity index (χ3v) is 6.91. The number of carbonyl (C=O) groups excluding carboxylic acids is 1. The lowest BCUT2D eigenvalue weighted by molar-refractivity contribution is 0.0606. The van der Waals surface area contributed by atoms with E-state index in [1.54, 1.807) is 25.2 Å². The topological polar surface area (TPSA) is 135 Å². The SMILES string of the molecule is Cc1cn2nc([C@@H]3CCCCN3C(=O)c3ccc(N(C)N)c(N)c3)cc2nc1N1CC[C@H](N)C1. The number of hydrogen-bond acceptors (Lipinski definition) is 8. The summed E-state index contributed by atoms with van der Waals surface area (Å²) in [4.78, 5) is 22.6. The fraction of sp³-hybridized carbons (Fsp3) is 0.458. The molecule has 10 heteroatoms. The number of nitrogens with zero attached hydrogens (tertiary/aromatic N) is 6. The molecule has 1 aromatic carbocycles. The van der Waals surface area contributed by atoms with E-state index in [0.717, 1.165) is 61.5 Å². The number of nitrogen functional groups attached to an aromatic ring is 1. The Balaban J connectivity index is 1.45. The van der Waals surface area contributed by atoms with Crippen molar-refractivity contribution in [2.45, 2.75) is 44.7 Å². The number of aromatic nitrogens is 3. The molecule has 2 fully saturated rings. The van der Waals surface area contributed by atoms with Crippen molar-refractivity contribution < 1.29 is 4.79 Å². The number of hydrazine groups is 1. The van der Waals surface area contributed by atoms with Crippen LogP contribution in [0.4, 0.5) is 17.2 Å². The average molecular weight is 464 g/mol. The lowest BCUT2D eigenvalue weighted by Crippen LogP contribution is -2.38. The predicted molar refractivity (Wildman–Crippen MR) is 134 cm³/mol. The van der Waals surface area contributed by atoms with Crippen LogP contribution in [0.25, 0.3) is 5.65 Å². The quantitative estimate of drug-likeness (QED) is 0.303. The van der Waals surface area contributed by atoms with Crippen molar-refractivity contribution in [3.05, 3.63) is 47.3 Å². The van der Waals surface area contributed by atoms with Gasteiger partial charge < -0.3 is 26.3 Å². The van der Waals surface area contributed by atoms with Crippen LogP contribution in [0, 0.1) is 6.92 Å². The summed E-state index contributed by atoms with van der Waals surface area (Å²) in [5, 5.41) is 6.28. The van der Waals surface area contributed by atoms with Crippen LogP contribution in [0.1, 0.15) is 53.3 Å². The second-order valence-electron chi connectivity index (χ2n) is 9.51. The smallest absolute Gasteiger partial charge is 0.254 e. The summed E-state index contributed by atoms with van der Waals surface area (Å²) in [6.45, 7) is 4.46. The van der Waals surface area contributed by atoms with E-state index in [1.165, 1.54) is 5.01 Å². The highest BCUT2D eigenvalue weighted by molar-refractivity contribution is 5.96. The number of amides is 1. The standard InChI is InChI=1S/C24H33N9O/c1-15-13-33-22(28-23(15)31-10-8-17(25)14-31)12-19(29-33)21-5-3-4-9-32(21)24(34)16-6-7-20(30(2)27)18(26)11-16/h6-7,11-13,17,21H,3-5,8-10,14,25-27H2,1-2H3/t17-,21-/m0/s1. The highest BCUT2D eigenvalue weighted by Gasteiger charge is 2.31. The maximum Gasteiger partial charge on any atom is 0.254 e. The Hall–Kier alpha value is -3.37. The summed E-state index contributed by atoms with van der Waals surface area (Å²) in [5.41, 5.74) is 16.7. The zero-order valence-corrected chi connectivity index (χ0v) is 19.8. The Kier molecular flexibility index (Phi) is 5.78. The summed E-state index contributed by atoms with van der Waals surface area (Å²) in [7, 11) is 1.72. The first-order valence-corrected chi connectivity index (χ1v) is 11.9. The van der Waals surface area contributed by atoms with Crippen molar-refractivity contribution in [3.63, 3.8) is 0 Å². The van der Waals surface area contributed by atoms with Gasteiger partial charge in [0.15, 0.2) is 5.65 Å². The monoisotopic (exact) mass is 463 g/mol. The van der Waals surface area contributed by atoms with Crippen LogP contribution in [0.3, 0.4) is 0 Å². The number of fused-ring (bicyclic) bond motifs is 1. The van der Waals surface area contributed by atoms with Crippen molar-refractivity contribution in [3.8, 4) is 0 Å². The highest BCUT2D eigenvalue weighted by Crippen LogP contribution is 2.33. The van der Waals surface area contributed by atoms with E-state index in [2.05, 4.69) is 11.8 Å². The number of hydrogen-bond donors (Lipinski definition) is 3. The minimum atomic E-state index is -0.106. The zero-order valence-electron chi connectivity index (χ0n) is 19.8. The third-order valence-electron chi connectivity index (χ3n) is 6.91. The fourth-order valence-corrected chi connectivity index (χ4v) is 5.14. The van der Waals surface area contributed by atoms with Crippen LogP contribution < -0.4 is 27.2 Å². The second-order valence-corrected chi connectivity index (χ2v) is 9.51. The summed E-state index contributed by atoms with van der Waals surface area (Å²) in [6.07, 6.45) is 5.86. The molecule has 0 spiro atoms. The normalized spacial score (nSPS) is 20.8. The van der Waals surface area contributed by atoms with Gasteiger partial charge in [-0.05, 0) is 50.8 Å². The van der Waals surface area contributed by atoms with Gasteiger partial charge in [0.2, 0.25) is 0 Å². The van der Waals surface area contributed by atoms with Crippen molar-refractivity contribution in [1.29, 1.82) is 0 Å². The van der Waals surface area contributed by atoms with Gasteiger partial charge >= 0.3 is 0 Å². The van der Waals surface area contributed by atoms with E-state index in [1.807, 2.05) is 21.7 Å². The molecular formula is C24H33N9O. The van der Waals surface area contributed by atoms with Gasteiger partial charge in [-0.25, -0.2) is 15.3 Å². The Bertz CT molecular complexity index is 1220. The molecule has 34 heavy (non-hydrogen) atoms. The second kappa shape index (κ2) is 8.77. The third kappa shape index (κ3) is 4.03. The maximum atomic E-state index is 13.5. The molecule has 4 heterocycles. The molecular weight excluding hydrogens is 430 g/mol. The number of anilines is 3. The van der Waals surface area contributed by atoms with Crippen LogP contribution in [0.15, 0.2) is 30.5 Å². The first kappa shape index (κ1) is 22.4. The minimum absolute atomic E-state index is 0.0458. The first-order valence-electron chi connectivity index (χ1n) is 11.9. The first-order chi connectivity index (χ1) is 16.3. The van der Waals surface area contributed by atoms with Crippen LogP contribution in [0.5, 0.6) is 0 Å². The number of benzene rings is 1.